The quantitative estimate of drug-likeness (QED) is 0.785. The number of halogens is 1. The van der Waals surface area contributed by atoms with Crippen molar-refractivity contribution in [3.63, 3.8) is 0 Å². The number of morpholine rings is 1. The van der Waals surface area contributed by atoms with Crippen LogP contribution in [0.1, 0.15) is 24.3 Å². The van der Waals surface area contributed by atoms with Crippen molar-refractivity contribution in [1.29, 1.82) is 0 Å². The summed E-state index contributed by atoms with van der Waals surface area (Å²) < 4.78 is 19.2. The Morgan fingerprint density at radius 1 is 1.18 bits per heavy atom. The number of H-pyrrole nitrogens is 1. The van der Waals surface area contributed by atoms with Gasteiger partial charge in [0.1, 0.15) is 12.4 Å². The summed E-state index contributed by atoms with van der Waals surface area (Å²) in [6.45, 7) is 2.52. The predicted octanol–water partition coefficient (Wildman–Crippen LogP) is 1.81. The molecular formula is C20H23FN4O3. The Labute approximate surface area is 161 Å². The van der Waals surface area contributed by atoms with Crippen LogP contribution in [0.3, 0.4) is 0 Å². The Hall–Kier alpha value is -2.61. The first-order chi connectivity index (χ1) is 13.6. The van der Waals surface area contributed by atoms with E-state index in [1.807, 2.05) is 16.0 Å². The summed E-state index contributed by atoms with van der Waals surface area (Å²) in [5, 5.41) is 3.83. The monoisotopic (exact) mass is 386 g/mol. The van der Waals surface area contributed by atoms with Crippen molar-refractivity contribution in [1.82, 2.24) is 20.1 Å². The second kappa shape index (κ2) is 6.77. The number of hydrogen-bond acceptors (Lipinski definition) is 3. The number of piperidine rings is 1. The van der Waals surface area contributed by atoms with Crippen molar-refractivity contribution >= 4 is 22.8 Å². The van der Waals surface area contributed by atoms with Crippen LogP contribution in [0.15, 0.2) is 24.4 Å². The van der Waals surface area contributed by atoms with Crippen LogP contribution in [0.25, 0.3) is 10.9 Å². The number of rotatable bonds is 1. The molecule has 3 amide bonds. The van der Waals surface area contributed by atoms with E-state index in [0.29, 0.717) is 26.2 Å². The number of amides is 3. The maximum Gasteiger partial charge on any atom is 0.320 e. The van der Waals surface area contributed by atoms with Gasteiger partial charge in [0, 0.05) is 49.2 Å². The molecule has 3 aliphatic heterocycles. The largest absolute Gasteiger partial charge is 0.366 e. The highest BCUT2D eigenvalue weighted by Gasteiger charge is 2.39. The van der Waals surface area contributed by atoms with Gasteiger partial charge in [-0.15, -0.1) is 0 Å². The fourth-order valence-electron chi connectivity index (χ4n) is 4.71. The molecule has 3 saturated heterocycles. The second-order valence-electron chi connectivity index (χ2n) is 7.91. The number of hydrogen-bond donors (Lipinski definition) is 2. The second-order valence-corrected chi connectivity index (χ2v) is 7.91. The van der Waals surface area contributed by atoms with Gasteiger partial charge in [0.25, 0.3) is 0 Å². The summed E-state index contributed by atoms with van der Waals surface area (Å²) in [5.74, 6) is -0.183. The summed E-state index contributed by atoms with van der Waals surface area (Å²) in [6.07, 6.45) is 3.52. The molecule has 4 heterocycles. The van der Waals surface area contributed by atoms with Crippen LogP contribution in [0.4, 0.5) is 9.18 Å². The summed E-state index contributed by atoms with van der Waals surface area (Å²) in [4.78, 5) is 31.5. The Bertz CT molecular complexity index is 929. The van der Waals surface area contributed by atoms with Crippen molar-refractivity contribution < 1.29 is 18.7 Å². The zero-order valence-electron chi connectivity index (χ0n) is 15.5. The van der Waals surface area contributed by atoms with E-state index in [4.69, 9.17) is 4.74 Å². The van der Waals surface area contributed by atoms with Crippen molar-refractivity contribution in [2.24, 2.45) is 0 Å². The van der Waals surface area contributed by atoms with Gasteiger partial charge in [-0.05, 0) is 36.6 Å². The van der Waals surface area contributed by atoms with Gasteiger partial charge in [0.05, 0.1) is 12.1 Å². The molecule has 3 fully saturated rings. The number of fused-ring (bicyclic) bond motifs is 2. The lowest BCUT2D eigenvalue weighted by molar-refractivity contribution is -0.139. The first-order valence-corrected chi connectivity index (χ1v) is 9.80. The molecule has 1 aromatic carbocycles. The molecule has 5 rings (SSSR count). The molecule has 1 aromatic heterocycles. The third-order valence-corrected chi connectivity index (χ3v) is 6.17. The number of likely N-dealkylation sites (tertiary alicyclic amines) is 2. The number of carbonyl (C=O) groups excluding carboxylic acids is 2. The highest BCUT2D eigenvalue weighted by molar-refractivity contribution is 5.84. The Morgan fingerprint density at radius 3 is 2.89 bits per heavy atom. The minimum Gasteiger partial charge on any atom is -0.366 e. The molecule has 2 aromatic rings. The lowest BCUT2D eigenvalue weighted by atomic mass is 9.98. The van der Waals surface area contributed by atoms with Crippen LogP contribution in [0.2, 0.25) is 0 Å². The number of aromatic nitrogens is 1. The number of nitrogens with zero attached hydrogens (tertiary/aromatic N) is 2. The van der Waals surface area contributed by atoms with Crippen molar-refractivity contribution in [3.8, 4) is 0 Å². The van der Waals surface area contributed by atoms with Crippen molar-refractivity contribution in [2.75, 3.05) is 32.8 Å². The van der Waals surface area contributed by atoms with E-state index in [2.05, 4.69) is 10.3 Å². The predicted molar refractivity (Wildman–Crippen MR) is 100 cm³/mol. The first-order valence-electron chi connectivity index (χ1n) is 9.80. The van der Waals surface area contributed by atoms with Gasteiger partial charge in [-0.2, -0.15) is 0 Å². The van der Waals surface area contributed by atoms with E-state index in [1.165, 1.54) is 6.07 Å². The van der Waals surface area contributed by atoms with E-state index in [0.717, 1.165) is 29.3 Å². The van der Waals surface area contributed by atoms with E-state index in [1.54, 1.807) is 12.1 Å². The molecule has 0 spiro atoms. The van der Waals surface area contributed by atoms with Gasteiger partial charge < -0.3 is 24.8 Å². The van der Waals surface area contributed by atoms with E-state index in [-0.39, 0.29) is 42.4 Å². The Balaban J connectivity index is 1.27. The van der Waals surface area contributed by atoms with Gasteiger partial charge in [-0.1, -0.05) is 0 Å². The van der Waals surface area contributed by atoms with Crippen LogP contribution in [0.5, 0.6) is 0 Å². The summed E-state index contributed by atoms with van der Waals surface area (Å²) in [6, 6.07) is 4.63. The van der Waals surface area contributed by atoms with Crippen molar-refractivity contribution in [2.45, 2.75) is 30.9 Å². The SMILES string of the molecule is O=C1CO[C@H]2CCN(C(=O)N3CCC(c4c[nH]c5ccc(F)cc45)C3)CC2N1. The van der Waals surface area contributed by atoms with Gasteiger partial charge in [0.15, 0.2) is 0 Å². The molecule has 3 aliphatic rings. The third kappa shape index (κ3) is 3.01. The highest BCUT2D eigenvalue weighted by Crippen LogP contribution is 2.33. The molecule has 28 heavy (non-hydrogen) atoms. The molecule has 0 bridgehead atoms. The van der Waals surface area contributed by atoms with Crippen LogP contribution in [-0.4, -0.2) is 71.7 Å². The molecular weight excluding hydrogens is 363 g/mol. The standard InChI is InChI=1S/C20H23FN4O3/c21-13-1-2-16-14(7-13)15(8-22-16)12-3-5-24(9-12)20(27)25-6-4-18-17(10-25)23-19(26)11-28-18/h1-2,7-8,12,17-18,22H,3-6,9-11H2,(H,23,26)/t12?,17?,18-/m0/s1. The minimum atomic E-state index is -0.251. The molecule has 2 N–H and O–H groups in total. The Kier molecular flexibility index (Phi) is 4.23. The maximum atomic E-state index is 13.7. The lowest BCUT2D eigenvalue weighted by Gasteiger charge is -2.42. The van der Waals surface area contributed by atoms with E-state index >= 15 is 0 Å². The molecule has 8 heteroatoms. The van der Waals surface area contributed by atoms with Crippen LogP contribution in [-0.2, 0) is 9.53 Å². The summed E-state index contributed by atoms with van der Waals surface area (Å²) >= 11 is 0. The van der Waals surface area contributed by atoms with Crippen LogP contribution < -0.4 is 5.32 Å². The molecule has 0 aliphatic carbocycles. The molecule has 7 nitrogen and oxygen atoms in total. The lowest BCUT2D eigenvalue weighted by Crippen LogP contribution is -2.62. The third-order valence-electron chi connectivity index (χ3n) is 6.17. The molecule has 3 atom stereocenters. The summed E-state index contributed by atoms with van der Waals surface area (Å²) in [5.41, 5.74) is 1.98. The zero-order chi connectivity index (χ0) is 19.3. The van der Waals surface area contributed by atoms with E-state index in [9.17, 15) is 14.0 Å². The van der Waals surface area contributed by atoms with Gasteiger partial charge >= 0.3 is 6.03 Å². The average molecular weight is 386 g/mol. The van der Waals surface area contributed by atoms with Crippen molar-refractivity contribution in [3.05, 3.63) is 35.8 Å². The maximum absolute atomic E-state index is 13.7. The number of ether oxygens (including phenoxy) is 1. The normalized spacial score (nSPS) is 27.8. The number of urea groups is 1. The van der Waals surface area contributed by atoms with Gasteiger partial charge in [0.2, 0.25) is 5.91 Å². The zero-order valence-corrected chi connectivity index (χ0v) is 15.5. The first kappa shape index (κ1) is 17.5. The number of nitrogens with one attached hydrogen (secondary N) is 2. The van der Waals surface area contributed by atoms with Gasteiger partial charge in [-0.3, -0.25) is 4.79 Å². The number of benzene rings is 1. The van der Waals surface area contributed by atoms with Crippen LogP contribution in [0, 0.1) is 5.82 Å². The fourth-order valence-corrected chi connectivity index (χ4v) is 4.71. The smallest absolute Gasteiger partial charge is 0.320 e. The average Bonchev–Trinajstić information content (AvgIpc) is 3.33. The molecule has 148 valence electrons. The Morgan fingerprint density at radius 2 is 2.00 bits per heavy atom. The van der Waals surface area contributed by atoms with E-state index < -0.39 is 0 Å². The topological polar surface area (TPSA) is 77.7 Å². The highest BCUT2D eigenvalue weighted by atomic mass is 19.1. The van der Waals surface area contributed by atoms with Crippen LogP contribution >= 0.6 is 0 Å². The van der Waals surface area contributed by atoms with Gasteiger partial charge in [-0.25, -0.2) is 9.18 Å². The number of carbonyl (C=O) groups is 2. The molecule has 0 saturated carbocycles. The molecule has 0 radical (unpaired) electrons. The summed E-state index contributed by atoms with van der Waals surface area (Å²) in [7, 11) is 0. The molecule has 2 unspecified atom stereocenters. The fraction of sp³-hybridized carbons (Fsp3) is 0.500. The number of aromatic amines is 1. The minimum absolute atomic E-state index is 0.00538.